The Morgan fingerprint density at radius 1 is 1.27 bits per heavy atom. The Bertz CT molecular complexity index is 450. The van der Waals surface area contributed by atoms with Gasteiger partial charge < -0.3 is 15.4 Å². The van der Waals surface area contributed by atoms with E-state index in [1.165, 1.54) is 4.90 Å². The van der Waals surface area contributed by atoms with Crippen LogP contribution in [0, 0.1) is 5.92 Å². The number of ether oxygens (including phenoxy) is 1. The molecule has 0 aromatic heterocycles. The first-order chi connectivity index (χ1) is 10.3. The van der Waals surface area contributed by atoms with Crippen LogP contribution in [0.25, 0.3) is 0 Å². The van der Waals surface area contributed by atoms with Crippen LogP contribution in [0.1, 0.15) is 39.5 Å². The van der Waals surface area contributed by atoms with Crippen molar-refractivity contribution in [2.75, 3.05) is 13.1 Å². The number of carbonyl (C=O) groups is 4. The average molecular weight is 313 g/mol. The topological polar surface area (TPSA) is 119 Å². The maximum Gasteiger partial charge on any atom is 0.326 e. The van der Waals surface area contributed by atoms with Gasteiger partial charge in [0.2, 0.25) is 5.91 Å². The Morgan fingerprint density at radius 3 is 2.55 bits per heavy atom. The molecule has 0 aliphatic carbocycles. The quantitative estimate of drug-likeness (QED) is 0.700. The minimum absolute atomic E-state index is 0.0860. The molecule has 0 spiro atoms. The molecule has 0 saturated carbocycles. The number of carbonyl (C=O) groups excluding carboxylic acids is 4. The molecule has 1 atom stereocenters. The number of hydrogen-bond acceptors (Lipinski definition) is 5. The third-order valence-corrected chi connectivity index (χ3v) is 3.36. The van der Waals surface area contributed by atoms with Crippen molar-refractivity contribution in [1.82, 2.24) is 10.2 Å². The molecule has 1 aliphatic rings. The molecular formula is C14H23N3O5. The van der Waals surface area contributed by atoms with Gasteiger partial charge in [0.05, 0.1) is 0 Å². The Labute approximate surface area is 129 Å². The summed E-state index contributed by atoms with van der Waals surface area (Å²) in [5, 5.41) is 1.89. The fourth-order valence-electron chi connectivity index (χ4n) is 2.23. The molecule has 8 nitrogen and oxygen atoms in total. The molecule has 8 heteroatoms. The molecule has 1 fully saturated rings. The van der Waals surface area contributed by atoms with Gasteiger partial charge in [-0.25, -0.2) is 4.79 Å². The summed E-state index contributed by atoms with van der Waals surface area (Å²) in [6.45, 7) is 3.67. The molecule has 0 bridgehead atoms. The summed E-state index contributed by atoms with van der Waals surface area (Å²) in [6.07, 6.45) is 1.91. The number of esters is 1. The lowest BCUT2D eigenvalue weighted by molar-refractivity contribution is -0.160. The van der Waals surface area contributed by atoms with E-state index in [1.807, 2.05) is 5.32 Å². The minimum atomic E-state index is -1.12. The van der Waals surface area contributed by atoms with Crippen LogP contribution in [-0.4, -0.2) is 47.9 Å². The second kappa shape index (κ2) is 8.35. The summed E-state index contributed by atoms with van der Waals surface area (Å²) < 4.78 is 5.11. The number of rotatable bonds is 5. The van der Waals surface area contributed by atoms with E-state index < -0.39 is 24.0 Å². The number of likely N-dealkylation sites (tertiary alicyclic amines) is 1. The standard InChI is InChI=1S/C14H23N3O5/c1-9(2)12(13(20)16-14(15)21)22-11(19)8-17-7-5-3-4-6-10(17)18/h9,12H,3-8H2,1-2H3,(H3,15,16,20,21)/t12-/m1/s1. The van der Waals surface area contributed by atoms with E-state index in [1.54, 1.807) is 13.8 Å². The lowest BCUT2D eigenvalue weighted by Gasteiger charge is -2.23. The molecule has 1 heterocycles. The molecular weight excluding hydrogens is 290 g/mol. The van der Waals surface area contributed by atoms with Crippen molar-refractivity contribution in [1.29, 1.82) is 0 Å². The second-order valence-electron chi connectivity index (χ2n) is 5.63. The summed E-state index contributed by atoms with van der Waals surface area (Å²) in [4.78, 5) is 47.7. The molecule has 0 aromatic rings. The van der Waals surface area contributed by atoms with E-state index in [4.69, 9.17) is 10.5 Å². The van der Waals surface area contributed by atoms with Crippen LogP contribution in [-0.2, 0) is 19.1 Å². The van der Waals surface area contributed by atoms with Gasteiger partial charge in [-0.05, 0) is 18.8 Å². The van der Waals surface area contributed by atoms with E-state index in [0.29, 0.717) is 13.0 Å². The van der Waals surface area contributed by atoms with Gasteiger partial charge in [0.25, 0.3) is 5.91 Å². The molecule has 1 saturated heterocycles. The first kappa shape index (κ1) is 17.9. The second-order valence-corrected chi connectivity index (χ2v) is 5.63. The lowest BCUT2D eigenvalue weighted by atomic mass is 10.1. The molecule has 3 N–H and O–H groups in total. The molecule has 1 aliphatic heterocycles. The minimum Gasteiger partial charge on any atom is -0.451 e. The van der Waals surface area contributed by atoms with Crippen molar-refractivity contribution in [2.45, 2.75) is 45.6 Å². The maximum atomic E-state index is 12.0. The predicted molar refractivity (Wildman–Crippen MR) is 77.5 cm³/mol. The van der Waals surface area contributed by atoms with Crippen molar-refractivity contribution >= 4 is 23.8 Å². The summed E-state index contributed by atoms with van der Waals surface area (Å²) in [5.74, 6) is -1.85. The number of amides is 4. The zero-order valence-electron chi connectivity index (χ0n) is 13.0. The predicted octanol–water partition coefficient (Wildman–Crippen LogP) is 0.152. The largest absolute Gasteiger partial charge is 0.451 e. The maximum absolute atomic E-state index is 12.0. The first-order valence-electron chi connectivity index (χ1n) is 7.38. The average Bonchev–Trinajstić information content (AvgIpc) is 2.60. The van der Waals surface area contributed by atoms with Crippen LogP contribution in [0.15, 0.2) is 0 Å². The summed E-state index contributed by atoms with van der Waals surface area (Å²) in [7, 11) is 0. The van der Waals surface area contributed by atoms with Crippen molar-refractivity contribution in [3.05, 3.63) is 0 Å². The zero-order valence-corrected chi connectivity index (χ0v) is 13.0. The fraction of sp³-hybridized carbons (Fsp3) is 0.714. The van der Waals surface area contributed by atoms with Crippen LogP contribution in [0.2, 0.25) is 0 Å². The van der Waals surface area contributed by atoms with Crippen molar-refractivity contribution < 1.29 is 23.9 Å². The van der Waals surface area contributed by atoms with Crippen LogP contribution in [0.3, 0.4) is 0 Å². The highest BCUT2D eigenvalue weighted by atomic mass is 16.5. The van der Waals surface area contributed by atoms with Gasteiger partial charge in [-0.1, -0.05) is 20.3 Å². The van der Waals surface area contributed by atoms with E-state index in [9.17, 15) is 19.2 Å². The smallest absolute Gasteiger partial charge is 0.326 e. The van der Waals surface area contributed by atoms with E-state index in [2.05, 4.69) is 0 Å². The van der Waals surface area contributed by atoms with Crippen LogP contribution < -0.4 is 11.1 Å². The Balaban J connectivity index is 2.61. The number of hydrogen-bond donors (Lipinski definition) is 2. The number of nitrogens with zero attached hydrogens (tertiary/aromatic N) is 1. The molecule has 4 amide bonds. The summed E-state index contributed by atoms with van der Waals surface area (Å²) in [5.41, 5.74) is 4.88. The fourth-order valence-corrected chi connectivity index (χ4v) is 2.23. The number of urea groups is 1. The highest BCUT2D eigenvalue weighted by molar-refractivity contribution is 5.97. The Kier molecular flexibility index (Phi) is 6.81. The van der Waals surface area contributed by atoms with Gasteiger partial charge in [-0.2, -0.15) is 0 Å². The van der Waals surface area contributed by atoms with Crippen molar-refractivity contribution in [2.24, 2.45) is 11.7 Å². The third-order valence-electron chi connectivity index (χ3n) is 3.36. The Morgan fingerprint density at radius 2 is 1.95 bits per heavy atom. The zero-order chi connectivity index (χ0) is 16.7. The number of nitrogens with two attached hydrogens (primary N) is 1. The lowest BCUT2D eigenvalue weighted by Crippen LogP contribution is -2.47. The molecule has 22 heavy (non-hydrogen) atoms. The van der Waals surface area contributed by atoms with Crippen molar-refractivity contribution in [3.63, 3.8) is 0 Å². The molecule has 0 unspecified atom stereocenters. The molecule has 0 aromatic carbocycles. The van der Waals surface area contributed by atoms with E-state index in [-0.39, 0.29) is 18.4 Å². The van der Waals surface area contributed by atoms with E-state index in [0.717, 1.165) is 19.3 Å². The number of primary amides is 1. The van der Waals surface area contributed by atoms with Gasteiger partial charge in [-0.3, -0.25) is 19.7 Å². The SMILES string of the molecule is CC(C)[C@@H](OC(=O)CN1CCCCCC1=O)C(=O)NC(N)=O. The van der Waals surface area contributed by atoms with Gasteiger partial charge in [0, 0.05) is 13.0 Å². The van der Waals surface area contributed by atoms with Crippen molar-refractivity contribution in [3.8, 4) is 0 Å². The first-order valence-corrected chi connectivity index (χ1v) is 7.38. The van der Waals surface area contributed by atoms with Gasteiger partial charge in [0.1, 0.15) is 6.54 Å². The van der Waals surface area contributed by atoms with E-state index >= 15 is 0 Å². The van der Waals surface area contributed by atoms with Crippen LogP contribution in [0.5, 0.6) is 0 Å². The summed E-state index contributed by atoms with van der Waals surface area (Å²) >= 11 is 0. The van der Waals surface area contributed by atoms with Gasteiger partial charge >= 0.3 is 12.0 Å². The highest BCUT2D eigenvalue weighted by Gasteiger charge is 2.29. The van der Waals surface area contributed by atoms with Crippen LogP contribution >= 0.6 is 0 Å². The summed E-state index contributed by atoms with van der Waals surface area (Å²) in [6, 6.07) is -1.01. The normalized spacial score (nSPS) is 16.9. The molecule has 1 rings (SSSR count). The number of nitrogens with one attached hydrogen (secondary N) is 1. The van der Waals surface area contributed by atoms with Crippen LogP contribution in [0.4, 0.5) is 4.79 Å². The third kappa shape index (κ3) is 5.71. The van der Waals surface area contributed by atoms with Gasteiger partial charge in [0.15, 0.2) is 6.10 Å². The van der Waals surface area contributed by atoms with Gasteiger partial charge in [-0.15, -0.1) is 0 Å². The highest BCUT2D eigenvalue weighted by Crippen LogP contribution is 2.12. The Hall–Kier alpha value is -2.12. The monoisotopic (exact) mass is 313 g/mol. The molecule has 0 radical (unpaired) electrons. The number of imide groups is 1. The molecule has 124 valence electrons.